The molecule has 1 aliphatic rings. The molecule has 1 rings (SSSR count). The third-order valence-electron chi connectivity index (χ3n) is 5.86. The van der Waals surface area contributed by atoms with Gasteiger partial charge in [-0.25, -0.2) is 0 Å². The van der Waals surface area contributed by atoms with Crippen molar-refractivity contribution in [1.29, 1.82) is 0 Å². The summed E-state index contributed by atoms with van der Waals surface area (Å²) in [5, 5.41) is 0. The molecule has 0 aromatic carbocycles. The Labute approximate surface area is 102 Å². The van der Waals surface area contributed by atoms with Crippen LogP contribution < -0.4 is 0 Å². The van der Waals surface area contributed by atoms with Gasteiger partial charge in [-0.2, -0.15) is 0 Å². The summed E-state index contributed by atoms with van der Waals surface area (Å²) in [6, 6.07) is 0. The van der Waals surface area contributed by atoms with Crippen LogP contribution in [-0.2, 0) is 0 Å². The van der Waals surface area contributed by atoms with Crippen LogP contribution >= 0.6 is 0 Å². The Hall–Kier alpha value is -0.520. The first-order valence-electron chi connectivity index (χ1n) is 6.51. The Kier molecular flexibility index (Phi) is 3.43. The SMILES string of the molecule is C=C(C)C1(C)C(C)CCC(C)C1(C)C(=C)C. The van der Waals surface area contributed by atoms with Crippen LogP contribution in [0.3, 0.4) is 0 Å². The maximum atomic E-state index is 4.27. The van der Waals surface area contributed by atoms with E-state index in [1.165, 1.54) is 24.0 Å². The molecule has 16 heavy (non-hydrogen) atoms. The van der Waals surface area contributed by atoms with E-state index in [9.17, 15) is 0 Å². The van der Waals surface area contributed by atoms with Gasteiger partial charge >= 0.3 is 0 Å². The van der Waals surface area contributed by atoms with Crippen LogP contribution in [0, 0.1) is 22.7 Å². The zero-order valence-electron chi connectivity index (χ0n) is 12.0. The topological polar surface area (TPSA) is 0 Å². The summed E-state index contributed by atoms with van der Waals surface area (Å²) in [7, 11) is 0. The quantitative estimate of drug-likeness (QED) is 0.560. The lowest BCUT2D eigenvalue weighted by Crippen LogP contribution is -2.51. The molecule has 0 spiro atoms. The van der Waals surface area contributed by atoms with Gasteiger partial charge in [0.15, 0.2) is 0 Å². The van der Waals surface area contributed by atoms with Crippen LogP contribution in [0.1, 0.15) is 54.4 Å². The minimum absolute atomic E-state index is 0.191. The summed E-state index contributed by atoms with van der Waals surface area (Å²) < 4.78 is 0. The summed E-state index contributed by atoms with van der Waals surface area (Å²) in [6.45, 7) is 22.5. The molecule has 0 aromatic heterocycles. The van der Waals surface area contributed by atoms with E-state index in [0.717, 1.165) is 0 Å². The predicted molar refractivity (Wildman–Crippen MR) is 73.4 cm³/mol. The van der Waals surface area contributed by atoms with Crippen molar-refractivity contribution in [3.63, 3.8) is 0 Å². The van der Waals surface area contributed by atoms with Crippen molar-refractivity contribution in [3.8, 4) is 0 Å². The highest BCUT2D eigenvalue weighted by Gasteiger charge is 2.54. The zero-order chi connectivity index (χ0) is 12.7. The molecule has 0 nitrogen and oxygen atoms in total. The van der Waals surface area contributed by atoms with Gasteiger partial charge in [-0.1, -0.05) is 52.0 Å². The maximum Gasteiger partial charge on any atom is -0.000298 e. The van der Waals surface area contributed by atoms with Crippen LogP contribution in [0.4, 0.5) is 0 Å². The Morgan fingerprint density at radius 3 is 1.31 bits per heavy atom. The van der Waals surface area contributed by atoms with Crippen molar-refractivity contribution in [2.75, 3.05) is 0 Å². The molecule has 0 aliphatic heterocycles. The maximum absolute atomic E-state index is 4.27. The first-order valence-corrected chi connectivity index (χ1v) is 6.51. The van der Waals surface area contributed by atoms with Crippen LogP contribution in [-0.4, -0.2) is 0 Å². The fourth-order valence-corrected chi connectivity index (χ4v) is 3.83. The highest BCUT2D eigenvalue weighted by molar-refractivity contribution is 5.26. The highest BCUT2D eigenvalue weighted by atomic mass is 14.6. The van der Waals surface area contributed by atoms with Gasteiger partial charge in [0.05, 0.1) is 0 Å². The first-order chi connectivity index (χ1) is 7.19. The second kappa shape index (κ2) is 4.05. The molecule has 0 saturated heterocycles. The second-order valence-electron chi connectivity index (χ2n) is 6.34. The number of hydrogen-bond donors (Lipinski definition) is 0. The van der Waals surface area contributed by atoms with Gasteiger partial charge in [0.25, 0.3) is 0 Å². The monoisotopic (exact) mass is 220 g/mol. The van der Waals surface area contributed by atoms with Crippen LogP contribution in [0.5, 0.6) is 0 Å². The minimum Gasteiger partial charge on any atom is -0.0995 e. The lowest BCUT2D eigenvalue weighted by molar-refractivity contribution is -0.0144. The summed E-state index contributed by atoms with van der Waals surface area (Å²) >= 11 is 0. The molecule has 0 heteroatoms. The molecule has 0 radical (unpaired) electrons. The normalized spacial score (nSPS) is 44.1. The van der Waals surface area contributed by atoms with Crippen molar-refractivity contribution in [3.05, 3.63) is 24.3 Å². The Bertz CT molecular complexity index is 280. The highest BCUT2D eigenvalue weighted by Crippen LogP contribution is 2.62. The number of rotatable bonds is 2. The van der Waals surface area contributed by atoms with Gasteiger partial charge < -0.3 is 0 Å². The van der Waals surface area contributed by atoms with Crippen LogP contribution in [0.25, 0.3) is 0 Å². The molecule has 1 aliphatic carbocycles. The number of hydrogen-bond acceptors (Lipinski definition) is 0. The molecule has 0 N–H and O–H groups in total. The molecular weight excluding hydrogens is 192 g/mol. The molecule has 0 bridgehead atoms. The van der Waals surface area contributed by atoms with Crippen molar-refractivity contribution in [1.82, 2.24) is 0 Å². The standard InChI is InChI=1S/C16H28/c1-11(2)15(7)13(5)9-10-14(6)16(15,8)12(3)4/h13-14H,1,3,9-10H2,2,4-8H3. The van der Waals surface area contributed by atoms with Gasteiger partial charge in [-0.05, 0) is 49.4 Å². The van der Waals surface area contributed by atoms with Crippen molar-refractivity contribution < 1.29 is 0 Å². The first kappa shape index (κ1) is 13.5. The molecule has 4 unspecified atom stereocenters. The minimum atomic E-state index is 0.191. The second-order valence-corrected chi connectivity index (χ2v) is 6.34. The van der Waals surface area contributed by atoms with E-state index in [1.807, 2.05) is 0 Å². The van der Waals surface area contributed by atoms with Crippen molar-refractivity contribution in [2.45, 2.75) is 54.4 Å². The van der Waals surface area contributed by atoms with E-state index in [2.05, 4.69) is 54.7 Å². The average molecular weight is 220 g/mol. The van der Waals surface area contributed by atoms with Crippen LogP contribution in [0.15, 0.2) is 24.3 Å². The van der Waals surface area contributed by atoms with Gasteiger partial charge in [-0.15, -0.1) is 0 Å². The molecule has 1 saturated carbocycles. The van der Waals surface area contributed by atoms with Crippen molar-refractivity contribution in [2.24, 2.45) is 22.7 Å². The van der Waals surface area contributed by atoms with Gasteiger partial charge in [-0.3, -0.25) is 0 Å². The van der Waals surface area contributed by atoms with Gasteiger partial charge in [0, 0.05) is 0 Å². The lowest BCUT2D eigenvalue weighted by atomic mass is 9.46. The Morgan fingerprint density at radius 2 is 1.12 bits per heavy atom. The van der Waals surface area contributed by atoms with E-state index in [4.69, 9.17) is 0 Å². The summed E-state index contributed by atoms with van der Waals surface area (Å²) in [5.74, 6) is 1.39. The van der Waals surface area contributed by atoms with E-state index >= 15 is 0 Å². The Balaban J connectivity index is 3.36. The average Bonchev–Trinajstić information content (AvgIpc) is 2.20. The molecule has 92 valence electrons. The van der Waals surface area contributed by atoms with Crippen molar-refractivity contribution >= 4 is 0 Å². The van der Waals surface area contributed by atoms with E-state index in [0.29, 0.717) is 11.8 Å². The summed E-state index contributed by atoms with van der Waals surface area (Å²) in [6.07, 6.45) is 2.63. The Morgan fingerprint density at radius 1 is 0.875 bits per heavy atom. The fraction of sp³-hybridized carbons (Fsp3) is 0.750. The summed E-state index contributed by atoms with van der Waals surface area (Å²) in [4.78, 5) is 0. The van der Waals surface area contributed by atoms with Gasteiger partial charge in [0.2, 0.25) is 0 Å². The predicted octanol–water partition coefficient (Wildman–Crippen LogP) is 5.22. The molecule has 4 atom stereocenters. The van der Waals surface area contributed by atoms with E-state index < -0.39 is 0 Å². The molecule has 0 amide bonds. The third kappa shape index (κ3) is 1.49. The lowest BCUT2D eigenvalue weighted by Gasteiger charge is -2.58. The zero-order valence-corrected chi connectivity index (χ0v) is 12.0. The van der Waals surface area contributed by atoms with E-state index in [1.54, 1.807) is 0 Å². The molecule has 0 aromatic rings. The largest absolute Gasteiger partial charge is 0.0995 e. The number of allylic oxidation sites excluding steroid dienone is 2. The fourth-order valence-electron chi connectivity index (χ4n) is 3.83. The third-order valence-corrected chi connectivity index (χ3v) is 5.86. The molecule has 1 fully saturated rings. The molecule has 0 heterocycles. The van der Waals surface area contributed by atoms with Gasteiger partial charge in [0.1, 0.15) is 0 Å². The van der Waals surface area contributed by atoms with Crippen LogP contribution in [0.2, 0.25) is 0 Å². The van der Waals surface area contributed by atoms with E-state index in [-0.39, 0.29) is 10.8 Å². The molecular formula is C16H28. The summed E-state index contributed by atoms with van der Waals surface area (Å²) in [5.41, 5.74) is 3.02. The smallest absolute Gasteiger partial charge is 0.000298 e.